The number of hydrogen-bond donors (Lipinski definition) is 2. The highest BCUT2D eigenvalue weighted by Crippen LogP contribution is 2.23. The Morgan fingerprint density at radius 3 is 2.70 bits per heavy atom. The summed E-state index contributed by atoms with van der Waals surface area (Å²) in [5.41, 5.74) is 3.40. The van der Waals surface area contributed by atoms with Crippen molar-refractivity contribution in [2.75, 3.05) is 38.5 Å². The molecule has 108 valence electrons. The number of amides is 1. The normalized spacial score (nSPS) is 20.6. The van der Waals surface area contributed by atoms with Crippen LogP contribution < -0.4 is 10.7 Å². The van der Waals surface area contributed by atoms with Crippen LogP contribution in [-0.2, 0) is 0 Å². The Labute approximate surface area is 119 Å². The van der Waals surface area contributed by atoms with Crippen molar-refractivity contribution >= 4 is 11.7 Å². The van der Waals surface area contributed by atoms with Crippen LogP contribution in [0.3, 0.4) is 0 Å². The molecule has 1 aliphatic heterocycles. The first-order chi connectivity index (χ1) is 9.70. The van der Waals surface area contributed by atoms with Crippen LogP contribution in [0.5, 0.6) is 0 Å². The van der Waals surface area contributed by atoms with Crippen LogP contribution in [0.4, 0.5) is 5.82 Å². The summed E-state index contributed by atoms with van der Waals surface area (Å²) in [7, 11) is 2.09. The lowest BCUT2D eigenvalue weighted by atomic mass is 10.3. The maximum atomic E-state index is 12.2. The Hall–Kier alpha value is -1.66. The number of nitrogens with one attached hydrogen (secondary N) is 2. The third-order valence-electron chi connectivity index (χ3n) is 3.67. The van der Waals surface area contributed by atoms with Crippen molar-refractivity contribution < 1.29 is 4.79 Å². The number of anilines is 1. The molecule has 3 rings (SSSR count). The molecule has 1 aromatic heterocycles. The summed E-state index contributed by atoms with van der Waals surface area (Å²) in [6, 6.07) is 6.07. The molecular formula is C14H21N5O. The first-order valence-corrected chi connectivity index (χ1v) is 7.19. The highest BCUT2D eigenvalue weighted by atomic mass is 16.2. The molecule has 0 spiro atoms. The minimum absolute atomic E-state index is 0.131. The van der Waals surface area contributed by atoms with Crippen LogP contribution in [0, 0.1) is 0 Å². The molecule has 1 amide bonds. The van der Waals surface area contributed by atoms with Gasteiger partial charge in [-0.15, -0.1) is 0 Å². The van der Waals surface area contributed by atoms with Crippen molar-refractivity contribution in [3.05, 3.63) is 23.9 Å². The minimum atomic E-state index is -0.131. The van der Waals surface area contributed by atoms with E-state index in [1.54, 1.807) is 6.07 Å². The van der Waals surface area contributed by atoms with Crippen LogP contribution in [0.2, 0.25) is 0 Å². The number of rotatable bonds is 4. The second-order valence-corrected chi connectivity index (χ2v) is 5.56. The first-order valence-electron chi connectivity index (χ1n) is 7.19. The molecular weight excluding hydrogens is 254 g/mol. The molecule has 1 saturated carbocycles. The summed E-state index contributed by atoms with van der Waals surface area (Å²) in [5, 5.41) is 5.27. The lowest BCUT2D eigenvalue weighted by Gasteiger charge is -2.32. The average Bonchev–Trinajstić information content (AvgIpc) is 3.25. The van der Waals surface area contributed by atoms with Crippen LogP contribution >= 0.6 is 0 Å². The van der Waals surface area contributed by atoms with Gasteiger partial charge in [0.15, 0.2) is 0 Å². The summed E-state index contributed by atoms with van der Waals surface area (Å²) in [5.74, 6) is 0.660. The zero-order valence-corrected chi connectivity index (χ0v) is 11.8. The Balaban J connectivity index is 1.58. The Morgan fingerprint density at radius 2 is 2.00 bits per heavy atom. The number of piperazine rings is 1. The smallest absolute Gasteiger partial charge is 0.284 e. The van der Waals surface area contributed by atoms with Gasteiger partial charge in [-0.1, -0.05) is 6.07 Å². The highest BCUT2D eigenvalue weighted by molar-refractivity contribution is 5.92. The number of likely N-dealkylation sites (N-methyl/N-ethyl adjacent to an activating group) is 1. The fraction of sp³-hybridized carbons (Fsp3) is 0.571. The number of aromatic nitrogens is 1. The number of pyridine rings is 1. The Kier molecular flexibility index (Phi) is 3.84. The number of carbonyl (C=O) groups excluding carboxylic acids is 1. The zero-order valence-electron chi connectivity index (χ0n) is 11.8. The van der Waals surface area contributed by atoms with Gasteiger partial charge in [0.2, 0.25) is 0 Å². The molecule has 20 heavy (non-hydrogen) atoms. The van der Waals surface area contributed by atoms with E-state index >= 15 is 0 Å². The van der Waals surface area contributed by atoms with Gasteiger partial charge < -0.3 is 10.2 Å². The standard InChI is InChI=1S/C14H21N5O/c1-18-7-9-19(10-8-18)17-14(20)12-3-2-4-13(16-12)15-11-5-6-11/h2-4,11H,5-10H2,1H3,(H,15,16)(H,17,20). The first kappa shape index (κ1) is 13.3. The number of carbonyl (C=O) groups is 1. The van der Waals surface area contributed by atoms with Crippen molar-refractivity contribution in [1.29, 1.82) is 0 Å². The number of hydrogen-bond acceptors (Lipinski definition) is 5. The summed E-state index contributed by atoms with van der Waals surface area (Å²) < 4.78 is 0. The molecule has 2 heterocycles. The van der Waals surface area contributed by atoms with E-state index in [1.165, 1.54) is 12.8 Å². The quantitative estimate of drug-likeness (QED) is 0.840. The van der Waals surface area contributed by atoms with E-state index in [4.69, 9.17) is 0 Å². The zero-order chi connectivity index (χ0) is 13.9. The van der Waals surface area contributed by atoms with E-state index in [-0.39, 0.29) is 5.91 Å². The van der Waals surface area contributed by atoms with E-state index in [2.05, 4.69) is 27.7 Å². The number of hydrazine groups is 1. The van der Waals surface area contributed by atoms with Crippen molar-refractivity contribution in [2.45, 2.75) is 18.9 Å². The maximum absolute atomic E-state index is 12.2. The molecule has 1 aromatic rings. The largest absolute Gasteiger partial charge is 0.367 e. The van der Waals surface area contributed by atoms with E-state index in [1.807, 2.05) is 17.1 Å². The maximum Gasteiger partial charge on any atom is 0.284 e. The van der Waals surface area contributed by atoms with Crippen molar-refractivity contribution in [3.63, 3.8) is 0 Å². The van der Waals surface area contributed by atoms with Crippen LogP contribution in [0.15, 0.2) is 18.2 Å². The molecule has 2 aliphatic rings. The molecule has 0 aromatic carbocycles. The van der Waals surface area contributed by atoms with Gasteiger partial charge >= 0.3 is 0 Å². The van der Waals surface area contributed by atoms with Crippen molar-refractivity contribution in [2.24, 2.45) is 0 Å². The summed E-state index contributed by atoms with van der Waals surface area (Å²) in [6.45, 7) is 3.64. The third-order valence-corrected chi connectivity index (χ3v) is 3.67. The summed E-state index contributed by atoms with van der Waals surface area (Å²) >= 11 is 0. The average molecular weight is 275 g/mol. The molecule has 2 fully saturated rings. The van der Waals surface area contributed by atoms with Gasteiger partial charge in [-0.2, -0.15) is 0 Å². The lowest BCUT2D eigenvalue weighted by Crippen LogP contribution is -2.52. The fourth-order valence-corrected chi connectivity index (χ4v) is 2.20. The van der Waals surface area contributed by atoms with Gasteiger partial charge in [0.05, 0.1) is 0 Å². The molecule has 0 bridgehead atoms. The van der Waals surface area contributed by atoms with E-state index in [0.717, 1.165) is 32.0 Å². The van der Waals surface area contributed by atoms with Gasteiger partial charge in [-0.05, 0) is 32.0 Å². The SMILES string of the molecule is CN1CCN(NC(=O)c2cccc(NC3CC3)n2)CC1. The molecule has 0 radical (unpaired) electrons. The van der Waals surface area contributed by atoms with Crippen LogP contribution in [0.1, 0.15) is 23.3 Å². The monoisotopic (exact) mass is 275 g/mol. The van der Waals surface area contributed by atoms with E-state index in [0.29, 0.717) is 11.7 Å². The molecule has 2 N–H and O–H groups in total. The fourth-order valence-electron chi connectivity index (χ4n) is 2.20. The second kappa shape index (κ2) is 5.76. The Morgan fingerprint density at radius 1 is 1.25 bits per heavy atom. The topological polar surface area (TPSA) is 60.5 Å². The molecule has 6 heteroatoms. The number of nitrogens with zero attached hydrogens (tertiary/aromatic N) is 3. The molecule has 0 atom stereocenters. The van der Waals surface area contributed by atoms with E-state index in [9.17, 15) is 4.79 Å². The molecule has 0 unspecified atom stereocenters. The molecule has 1 saturated heterocycles. The van der Waals surface area contributed by atoms with Crippen LogP contribution in [0.25, 0.3) is 0 Å². The van der Waals surface area contributed by atoms with Crippen molar-refractivity contribution in [3.8, 4) is 0 Å². The molecule has 1 aliphatic carbocycles. The van der Waals surface area contributed by atoms with Gasteiger partial charge in [0.25, 0.3) is 5.91 Å². The lowest BCUT2D eigenvalue weighted by molar-refractivity contribution is 0.0658. The third kappa shape index (κ3) is 3.46. The summed E-state index contributed by atoms with van der Waals surface area (Å²) in [6.07, 6.45) is 2.39. The van der Waals surface area contributed by atoms with Crippen molar-refractivity contribution in [1.82, 2.24) is 20.3 Å². The summed E-state index contributed by atoms with van der Waals surface area (Å²) in [4.78, 5) is 18.8. The van der Waals surface area contributed by atoms with E-state index < -0.39 is 0 Å². The van der Waals surface area contributed by atoms with Gasteiger partial charge in [-0.3, -0.25) is 10.2 Å². The predicted octanol–water partition coefficient (Wildman–Crippen LogP) is 0.548. The Bertz CT molecular complexity index is 480. The minimum Gasteiger partial charge on any atom is -0.367 e. The van der Waals surface area contributed by atoms with Crippen LogP contribution in [-0.4, -0.2) is 60.1 Å². The van der Waals surface area contributed by atoms with Gasteiger partial charge in [-0.25, -0.2) is 9.99 Å². The highest BCUT2D eigenvalue weighted by Gasteiger charge is 2.22. The van der Waals surface area contributed by atoms with Gasteiger partial charge in [0.1, 0.15) is 11.5 Å². The predicted molar refractivity (Wildman–Crippen MR) is 77.4 cm³/mol. The second-order valence-electron chi connectivity index (χ2n) is 5.56. The molecule has 6 nitrogen and oxygen atoms in total. The van der Waals surface area contributed by atoms with Gasteiger partial charge in [0, 0.05) is 32.2 Å².